The highest BCUT2D eigenvalue weighted by molar-refractivity contribution is 6.03. The van der Waals surface area contributed by atoms with E-state index in [9.17, 15) is 10.1 Å². The first-order chi connectivity index (χ1) is 11.3. The molecule has 1 heterocycles. The molecule has 0 unspecified atom stereocenters. The highest BCUT2D eigenvalue weighted by Gasteiger charge is 2.10. The largest absolute Gasteiger partial charge is 0.361 e. The van der Waals surface area contributed by atoms with E-state index in [1.807, 2.05) is 66.9 Å². The summed E-state index contributed by atoms with van der Waals surface area (Å²) in [6.45, 7) is 0.396. The maximum Gasteiger partial charge on any atom is 0.262 e. The number of benzene rings is 2. The van der Waals surface area contributed by atoms with Crippen LogP contribution in [0.15, 0.2) is 66.4 Å². The van der Waals surface area contributed by atoms with Crippen LogP contribution in [0.1, 0.15) is 11.1 Å². The van der Waals surface area contributed by atoms with Gasteiger partial charge < -0.3 is 10.3 Å². The zero-order valence-electron chi connectivity index (χ0n) is 12.4. The highest BCUT2D eigenvalue weighted by Crippen LogP contribution is 2.20. The van der Waals surface area contributed by atoms with Crippen molar-refractivity contribution in [3.05, 3.63) is 77.5 Å². The Kier molecular flexibility index (Phi) is 4.21. The lowest BCUT2D eigenvalue weighted by molar-refractivity contribution is -0.117. The van der Waals surface area contributed by atoms with Gasteiger partial charge in [-0.25, -0.2) is 0 Å². The van der Waals surface area contributed by atoms with Crippen molar-refractivity contribution in [1.29, 1.82) is 5.26 Å². The molecule has 0 bridgehead atoms. The summed E-state index contributed by atoms with van der Waals surface area (Å²) in [7, 11) is 0. The number of rotatable bonds is 4. The number of aromatic nitrogens is 1. The molecule has 2 N–H and O–H groups in total. The van der Waals surface area contributed by atoms with Crippen LogP contribution >= 0.6 is 0 Å². The number of aromatic amines is 1. The molecule has 0 aliphatic heterocycles. The minimum absolute atomic E-state index is 0.0923. The van der Waals surface area contributed by atoms with Crippen molar-refractivity contribution in [2.45, 2.75) is 6.54 Å². The fraction of sp³-hybridized carbons (Fsp3) is 0.0526. The monoisotopic (exact) mass is 301 g/mol. The first kappa shape index (κ1) is 14.6. The number of carbonyl (C=O) groups is 1. The predicted molar refractivity (Wildman–Crippen MR) is 90.2 cm³/mol. The molecule has 3 rings (SSSR count). The van der Waals surface area contributed by atoms with Crippen molar-refractivity contribution in [3.63, 3.8) is 0 Å². The number of nitrogens with one attached hydrogen (secondary N) is 2. The number of fused-ring (bicyclic) bond motifs is 1. The normalized spacial score (nSPS) is 11.2. The molecule has 1 amide bonds. The minimum atomic E-state index is -0.371. The van der Waals surface area contributed by atoms with Crippen molar-refractivity contribution in [1.82, 2.24) is 10.3 Å². The number of nitrogens with zero attached hydrogens (tertiary/aromatic N) is 1. The molecular weight excluding hydrogens is 286 g/mol. The third-order valence-electron chi connectivity index (χ3n) is 3.59. The Morgan fingerprint density at radius 1 is 1.13 bits per heavy atom. The first-order valence-corrected chi connectivity index (χ1v) is 7.28. The minimum Gasteiger partial charge on any atom is -0.361 e. The number of hydrogen-bond donors (Lipinski definition) is 2. The van der Waals surface area contributed by atoms with Crippen LogP contribution in [-0.2, 0) is 11.3 Å². The molecule has 4 nitrogen and oxygen atoms in total. The molecule has 0 spiro atoms. The van der Waals surface area contributed by atoms with E-state index < -0.39 is 0 Å². The lowest BCUT2D eigenvalue weighted by Gasteiger charge is -2.05. The third kappa shape index (κ3) is 3.30. The summed E-state index contributed by atoms with van der Waals surface area (Å²) in [5.74, 6) is -0.371. The van der Waals surface area contributed by atoms with Crippen LogP contribution < -0.4 is 5.32 Å². The predicted octanol–water partition coefficient (Wildman–Crippen LogP) is 3.39. The van der Waals surface area contributed by atoms with Gasteiger partial charge in [-0.3, -0.25) is 4.79 Å². The molecule has 0 fully saturated rings. The van der Waals surface area contributed by atoms with E-state index in [2.05, 4.69) is 10.3 Å². The second-order valence-corrected chi connectivity index (χ2v) is 5.12. The molecule has 3 aromatic rings. The van der Waals surface area contributed by atoms with Crippen LogP contribution in [0.2, 0.25) is 0 Å². The summed E-state index contributed by atoms with van der Waals surface area (Å²) < 4.78 is 0. The third-order valence-corrected chi connectivity index (χ3v) is 3.59. The summed E-state index contributed by atoms with van der Waals surface area (Å²) in [5, 5.41) is 13.0. The fourth-order valence-corrected chi connectivity index (χ4v) is 2.41. The number of carbonyl (C=O) groups excluding carboxylic acids is 1. The van der Waals surface area contributed by atoms with Gasteiger partial charge in [0.15, 0.2) is 0 Å². The van der Waals surface area contributed by atoms with E-state index in [1.165, 1.54) is 0 Å². The van der Waals surface area contributed by atoms with Crippen LogP contribution in [0.4, 0.5) is 0 Å². The molecule has 0 aliphatic rings. The Morgan fingerprint density at radius 3 is 2.74 bits per heavy atom. The van der Waals surface area contributed by atoms with Gasteiger partial charge in [-0.1, -0.05) is 42.5 Å². The average molecular weight is 301 g/mol. The maximum atomic E-state index is 12.2. The van der Waals surface area contributed by atoms with Gasteiger partial charge in [0.25, 0.3) is 5.91 Å². The fourth-order valence-electron chi connectivity index (χ4n) is 2.41. The molecule has 112 valence electrons. The molecule has 2 aromatic carbocycles. The summed E-state index contributed by atoms with van der Waals surface area (Å²) in [5.41, 5.74) is 2.90. The number of H-pyrrole nitrogens is 1. The lowest BCUT2D eigenvalue weighted by Crippen LogP contribution is -2.23. The summed E-state index contributed by atoms with van der Waals surface area (Å²) in [4.78, 5) is 15.3. The second-order valence-electron chi connectivity index (χ2n) is 5.12. The van der Waals surface area contributed by atoms with Gasteiger partial charge in [0.2, 0.25) is 0 Å². The van der Waals surface area contributed by atoms with E-state index in [0.717, 1.165) is 22.0 Å². The Morgan fingerprint density at radius 2 is 1.96 bits per heavy atom. The van der Waals surface area contributed by atoms with E-state index in [1.54, 1.807) is 6.08 Å². The average Bonchev–Trinajstić information content (AvgIpc) is 3.08. The summed E-state index contributed by atoms with van der Waals surface area (Å²) in [6, 6.07) is 19.2. The van der Waals surface area contributed by atoms with E-state index in [0.29, 0.717) is 6.54 Å². The van der Waals surface area contributed by atoms with Gasteiger partial charge in [-0.2, -0.15) is 5.26 Å². The van der Waals surface area contributed by atoms with Crippen molar-refractivity contribution in [2.75, 3.05) is 0 Å². The molecule has 4 heteroatoms. The van der Waals surface area contributed by atoms with Gasteiger partial charge in [0, 0.05) is 23.6 Å². The molecule has 0 aliphatic carbocycles. The maximum absolute atomic E-state index is 12.2. The van der Waals surface area contributed by atoms with E-state index >= 15 is 0 Å². The first-order valence-electron chi connectivity index (χ1n) is 7.28. The van der Waals surface area contributed by atoms with Gasteiger partial charge in [0.1, 0.15) is 11.6 Å². The molecule has 0 saturated carbocycles. The summed E-state index contributed by atoms with van der Waals surface area (Å²) in [6.07, 6.45) is 3.46. The van der Waals surface area contributed by atoms with Crippen molar-refractivity contribution >= 4 is 22.9 Å². The quantitative estimate of drug-likeness (QED) is 0.573. The zero-order valence-corrected chi connectivity index (χ0v) is 12.4. The van der Waals surface area contributed by atoms with Crippen LogP contribution in [-0.4, -0.2) is 10.9 Å². The van der Waals surface area contributed by atoms with Crippen molar-refractivity contribution < 1.29 is 4.79 Å². The van der Waals surface area contributed by atoms with Gasteiger partial charge in [-0.05, 0) is 29.3 Å². The Hall–Kier alpha value is -3.32. The number of amides is 1. The van der Waals surface area contributed by atoms with E-state index in [-0.39, 0.29) is 11.5 Å². The second kappa shape index (κ2) is 6.63. The van der Waals surface area contributed by atoms with Gasteiger partial charge in [0.05, 0.1) is 0 Å². The lowest BCUT2D eigenvalue weighted by atomic mass is 10.1. The molecule has 1 aromatic heterocycles. The topological polar surface area (TPSA) is 68.7 Å². The van der Waals surface area contributed by atoms with E-state index in [4.69, 9.17) is 0 Å². The molecular formula is C19H15N3O. The van der Waals surface area contributed by atoms with Gasteiger partial charge in [-0.15, -0.1) is 0 Å². The highest BCUT2D eigenvalue weighted by atomic mass is 16.1. The SMILES string of the molecule is N#CC(=Cc1cccc2[nH]ccc12)C(=O)NCc1ccccc1. The Labute approximate surface area is 134 Å². The van der Waals surface area contributed by atoms with Crippen LogP contribution in [0.3, 0.4) is 0 Å². The Balaban J connectivity index is 1.80. The summed E-state index contributed by atoms with van der Waals surface area (Å²) >= 11 is 0. The number of nitriles is 1. The molecule has 0 atom stereocenters. The van der Waals surface area contributed by atoms with Crippen LogP contribution in [0.5, 0.6) is 0 Å². The molecule has 0 saturated heterocycles. The molecule has 23 heavy (non-hydrogen) atoms. The van der Waals surface area contributed by atoms with Gasteiger partial charge >= 0.3 is 0 Å². The smallest absolute Gasteiger partial charge is 0.262 e. The van der Waals surface area contributed by atoms with Crippen molar-refractivity contribution in [2.24, 2.45) is 0 Å². The van der Waals surface area contributed by atoms with Crippen LogP contribution in [0, 0.1) is 11.3 Å². The van der Waals surface area contributed by atoms with Crippen LogP contribution in [0.25, 0.3) is 17.0 Å². The number of hydrogen-bond acceptors (Lipinski definition) is 2. The Bertz CT molecular complexity index is 901. The zero-order chi connectivity index (χ0) is 16.1. The van der Waals surface area contributed by atoms with Crippen molar-refractivity contribution in [3.8, 4) is 6.07 Å². The standard InChI is InChI=1S/C19H15N3O/c20-12-16(19(23)22-13-14-5-2-1-3-6-14)11-15-7-4-8-18-17(15)9-10-21-18/h1-11,21H,13H2,(H,22,23). The molecule has 0 radical (unpaired) electrons.